The van der Waals surface area contributed by atoms with Gasteiger partial charge in [-0.2, -0.15) is 0 Å². The van der Waals surface area contributed by atoms with E-state index >= 15 is 0 Å². The van der Waals surface area contributed by atoms with E-state index in [4.69, 9.17) is 14.3 Å². The Kier molecular flexibility index (Phi) is 5.88. The van der Waals surface area contributed by atoms with Crippen molar-refractivity contribution in [1.82, 2.24) is 9.88 Å². The van der Waals surface area contributed by atoms with E-state index in [9.17, 15) is 4.79 Å². The highest BCUT2D eigenvalue weighted by Gasteiger charge is 2.12. The van der Waals surface area contributed by atoms with Crippen LogP contribution >= 0.6 is 0 Å². The lowest BCUT2D eigenvalue weighted by atomic mass is 10.1. The molecule has 0 aliphatic heterocycles. The van der Waals surface area contributed by atoms with Gasteiger partial charge in [0.2, 0.25) is 0 Å². The predicted octanol–water partition coefficient (Wildman–Crippen LogP) is 3.75. The normalized spacial score (nSPS) is 10.9. The van der Waals surface area contributed by atoms with Crippen molar-refractivity contribution in [1.29, 1.82) is 0 Å². The van der Waals surface area contributed by atoms with E-state index in [2.05, 4.69) is 9.88 Å². The Labute approximate surface area is 158 Å². The topological polar surface area (TPSA) is 75.8 Å². The van der Waals surface area contributed by atoms with Crippen molar-refractivity contribution >= 4 is 5.97 Å². The summed E-state index contributed by atoms with van der Waals surface area (Å²) in [5, 5.41) is 8.92. The second kappa shape index (κ2) is 8.51. The van der Waals surface area contributed by atoms with Crippen LogP contribution in [0.3, 0.4) is 0 Å². The molecule has 0 fully saturated rings. The van der Waals surface area contributed by atoms with Gasteiger partial charge in [-0.1, -0.05) is 6.07 Å². The molecule has 6 nitrogen and oxygen atoms in total. The minimum Gasteiger partial charge on any atom is -0.482 e. The first kappa shape index (κ1) is 18.7. The molecule has 1 aromatic carbocycles. The number of benzene rings is 1. The van der Waals surface area contributed by atoms with Crippen molar-refractivity contribution < 1.29 is 19.1 Å². The van der Waals surface area contributed by atoms with Crippen LogP contribution in [0.5, 0.6) is 5.75 Å². The van der Waals surface area contributed by atoms with Crippen molar-refractivity contribution in [2.75, 3.05) is 13.7 Å². The second-order valence-corrected chi connectivity index (χ2v) is 6.40. The standard InChI is InChI=1S/C21H22N2O4/c1-15-6-8-18(27-15)13-23(2)12-17-11-16(19-5-3-4-10-22-19)7-9-20(17)26-14-21(24)25/h3-11H,12-14H2,1-2H3,(H,24,25). The molecule has 1 N–H and O–H groups in total. The van der Waals surface area contributed by atoms with Gasteiger partial charge in [0.1, 0.15) is 17.3 Å². The molecule has 0 spiro atoms. The third-order valence-corrected chi connectivity index (χ3v) is 4.03. The van der Waals surface area contributed by atoms with Gasteiger partial charge < -0.3 is 14.3 Å². The summed E-state index contributed by atoms with van der Waals surface area (Å²) in [5.74, 6) is 1.30. The lowest BCUT2D eigenvalue weighted by Gasteiger charge is -2.18. The molecule has 0 radical (unpaired) electrons. The average Bonchev–Trinajstić information content (AvgIpc) is 3.05. The summed E-state index contributed by atoms with van der Waals surface area (Å²) in [6.07, 6.45) is 1.75. The molecule has 3 aromatic rings. The fourth-order valence-corrected chi connectivity index (χ4v) is 2.86. The Bertz CT molecular complexity index is 906. The van der Waals surface area contributed by atoms with Gasteiger partial charge in [-0.25, -0.2) is 4.79 Å². The van der Waals surface area contributed by atoms with Crippen LogP contribution in [-0.4, -0.2) is 34.6 Å². The molecule has 6 heteroatoms. The zero-order valence-corrected chi connectivity index (χ0v) is 15.4. The monoisotopic (exact) mass is 366 g/mol. The molecule has 0 saturated heterocycles. The number of aliphatic carboxylic acids is 1. The summed E-state index contributed by atoms with van der Waals surface area (Å²) in [6, 6.07) is 15.3. The number of carbonyl (C=O) groups is 1. The van der Waals surface area contributed by atoms with Gasteiger partial charge in [0.05, 0.1) is 12.2 Å². The number of ether oxygens (including phenoxy) is 1. The second-order valence-electron chi connectivity index (χ2n) is 6.40. The number of rotatable bonds is 8. The minimum atomic E-state index is -1.01. The highest BCUT2D eigenvalue weighted by Crippen LogP contribution is 2.27. The third kappa shape index (κ3) is 5.18. The minimum absolute atomic E-state index is 0.378. The quantitative estimate of drug-likeness (QED) is 0.654. The Balaban J connectivity index is 1.83. The van der Waals surface area contributed by atoms with Gasteiger partial charge in [0.25, 0.3) is 0 Å². The molecule has 0 bridgehead atoms. The van der Waals surface area contributed by atoms with E-state index in [1.807, 2.05) is 56.4 Å². The van der Waals surface area contributed by atoms with Crippen molar-refractivity contribution in [2.24, 2.45) is 0 Å². The molecule has 27 heavy (non-hydrogen) atoms. The highest BCUT2D eigenvalue weighted by molar-refractivity contribution is 5.69. The molecule has 140 valence electrons. The first-order valence-corrected chi connectivity index (χ1v) is 8.64. The van der Waals surface area contributed by atoms with Crippen LogP contribution < -0.4 is 4.74 Å². The fraction of sp³-hybridized carbons (Fsp3) is 0.238. The number of hydrogen-bond acceptors (Lipinski definition) is 5. The zero-order valence-electron chi connectivity index (χ0n) is 15.4. The summed E-state index contributed by atoms with van der Waals surface area (Å²) in [5.41, 5.74) is 2.70. The first-order valence-electron chi connectivity index (χ1n) is 8.64. The van der Waals surface area contributed by atoms with Crippen molar-refractivity contribution in [3.8, 4) is 17.0 Å². The van der Waals surface area contributed by atoms with E-state index in [0.717, 1.165) is 28.3 Å². The third-order valence-electron chi connectivity index (χ3n) is 4.03. The van der Waals surface area contributed by atoms with E-state index < -0.39 is 5.97 Å². The molecule has 2 aromatic heterocycles. The smallest absolute Gasteiger partial charge is 0.341 e. The van der Waals surface area contributed by atoms with Gasteiger partial charge in [-0.05, 0) is 56.4 Å². The van der Waals surface area contributed by atoms with Gasteiger partial charge in [-0.3, -0.25) is 9.88 Å². The number of aromatic nitrogens is 1. The maximum absolute atomic E-state index is 10.9. The van der Waals surface area contributed by atoms with E-state index in [0.29, 0.717) is 18.8 Å². The van der Waals surface area contributed by atoms with Gasteiger partial charge >= 0.3 is 5.97 Å². The summed E-state index contributed by atoms with van der Waals surface area (Å²) < 4.78 is 11.1. The summed E-state index contributed by atoms with van der Waals surface area (Å²) >= 11 is 0. The summed E-state index contributed by atoms with van der Waals surface area (Å²) in [4.78, 5) is 17.3. The number of aryl methyl sites for hydroxylation is 1. The van der Waals surface area contributed by atoms with Crippen LogP contribution in [0.15, 0.2) is 59.1 Å². The van der Waals surface area contributed by atoms with Gasteiger partial charge in [-0.15, -0.1) is 0 Å². The van der Waals surface area contributed by atoms with Crippen molar-refractivity contribution in [3.63, 3.8) is 0 Å². The molecule has 0 atom stereocenters. The Morgan fingerprint density at radius 1 is 1.19 bits per heavy atom. The Morgan fingerprint density at radius 3 is 2.70 bits per heavy atom. The number of furan rings is 1. The maximum atomic E-state index is 10.9. The molecule has 0 amide bonds. The Hall–Kier alpha value is -3.12. The molecular formula is C21H22N2O4. The lowest BCUT2D eigenvalue weighted by Crippen LogP contribution is -2.18. The zero-order chi connectivity index (χ0) is 19.2. The molecule has 0 saturated carbocycles. The van der Waals surface area contributed by atoms with Crippen molar-refractivity contribution in [3.05, 3.63) is 71.8 Å². The lowest BCUT2D eigenvalue weighted by molar-refractivity contribution is -0.139. The van der Waals surface area contributed by atoms with Crippen LogP contribution in [0.25, 0.3) is 11.3 Å². The number of hydrogen-bond donors (Lipinski definition) is 1. The molecular weight excluding hydrogens is 344 g/mol. The molecule has 3 rings (SSSR count). The Morgan fingerprint density at radius 2 is 2.04 bits per heavy atom. The summed E-state index contributed by atoms with van der Waals surface area (Å²) in [6.45, 7) is 2.75. The predicted molar refractivity (Wildman–Crippen MR) is 101 cm³/mol. The molecule has 0 aliphatic rings. The molecule has 2 heterocycles. The number of nitrogens with zero attached hydrogens (tertiary/aromatic N) is 2. The highest BCUT2D eigenvalue weighted by atomic mass is 16.5. The van der Waals surface area contributed by atoms with Crippen LogP contribution in [0, 0.1) is 6.92 Å². The van der Waals surface area contributed by atoms with Gasteiger partial charge in [0.15, 0.2) is 6.61 Å². The van der Waals surface area contributed by atoms with E-state index in [1.165, 1.54) is 0 Å². The number of pyridine rings is 1. The van der Waals surface area contributed by atoms with Crippen LogP contribution in [0.1, 0.15) is 17.1 Å². The van der Waals surface area contributed by atoms with Crippen molar-refractivity contribution in [2.45, 2.75) is 20.0 Å². The SMILES string of the molecule is Cc1ccc(CN(C)Cc2cc(-c3ccccn3)ccc2OCC(=O)O)o1. The van der Waals surface area contributed by atoms with E-state index in [-0.39, 0.29) is 6.61 Å². The molecule has 0 aliphatic carbocycles. The first-order chi connectivity index (χ1) is 13.0. The fourth-order valence-electron chi connectivity index (χ4n) is 2.86. The molecule has 0 unspecified atom stereocenters. The van der Waals surface area contributed by atoms with Crippen LogP contribution in [0.4, 0.5) is 0 Å². The van der Waals surface area contributed by atoms with Gasteiger partial charge in [0, 0.05) is 23.9 Å². The van der Waals surface area contributed by atoms with Crippen LogP contribution in [-0.2, 0) is 17.9 Å². The largest absolute Gasteiger partial charge is 0.482 e. The summed E-state index contributed by atoms with van der Waals surface area (Å²) in [7, 11) is 1.98. The van der Waals surface area contributed by atoms with Crippen LogP contribution in [0.2, 0.25) is 0 Å². The number of carboxylic acids is 1. The van der Waals surface area contributed by atoms with E-state index in [1.54, 1.807) is 12.3 Å². The average molecular weight is 366 g/mol. The maximum Gasteiger partial charge on any atom is 0.341 e. The number of carboxylic acid groups (broad SMARTS) is 1.